The minimum Gasteiger partial charge on any atom is -0.497 e. The zero-order valence-corrected chi connectivity index (χ0v) is 8.00. The highest BCUT2D eigenvalue weighted by atomic mass is 16.5. The van der Waals surface area contributed by atoms with Crippen LogP contribution in [0.1, 0.15) is 5.56 Å². The number of benzene rings is 1. The predicted molar refractivity (Wildman–Crippen MR) is 54.9 cm³/mol. The number of rotatable bonds is 3. The van der Waals surface area contributed by atoms with Gasteiger partial charge in [0.1, 0.15) is 5.75 Å². The van der Waals surface area contributed by atoms with E-state index in [1.54, 1.807) is 7.11 Å². The van der Waals surface area contributed by atoms with Crippen molar-refractivity contribution in [3.8, 4) is 5.75 Å². The minimum atomic E-state index is 0.0980. The molecule has 1 aromatic carbocycles. The largest absolute Gasteiger partial charge is 0.497 e. The van der Waals surface area contributed by atoms with Crippen molar-refractivity contribution in [2.24, 2.45) is 5.84 Å². The van der Waals surface area contributed by atoms with E-state index < -0.39 is 0 Å². The normalized spacial score (nSPS) is 9.29. The SMILES string of the molecule is COc1ccc(CNC(=N)NN)cc1. The first-order valence-corrected chi connectivity index (χ1v) is 4.18. The topological polar surface area (TPSA) is 83.2 Å². The number of nitrogens with one attached hydrogen (secondary N) is 3. The molecule has 0 aliphatic carbocycles. The lowest BCUT2D eigenvalue weighted by atomic mass is 10.2. The second-order valence-electron chi connectivity index (χ2n) is 2.72. The van der Waals surface area contributed by atoms with Crippen LogP contribution in [0.4, 0.5) is 0 Å². The molecule has 0 spiro atoms. The second-order valence-corrected chi connectivity index (χ2v) is 2.72. The van der Waals surface area contributed by atoms with Crippen LogP contribution >= 0.6 is 0 Å². The van der Waals surface area contributed by atoms with Crippen molar-refractivity contribution in [3.05, 3.63) is 29.8 Å². The molecule has 5 nitrogen and oxygen atoms in total. The molecule has 1 rings (SSSR count). The summed E-state index contributed by atoms with van der Waals surface area (Å²) in [4.78, 5) is 0. The smallest absolute Gasteiger partial charge is 0.203 e. The zero-order chi connectivity index (χ0) is 10.4. The molecule has 5 heteroatoms. The number of nitrogens with two attached hydrogens (primary N) is 1. The van der Waals surface area contributed by atoms with Crippen molar-refractivity contribution >= 4 is 5.96 Å². The lowest BCUT2D eigenvalue weighted by Crippen LogP contribution is -2.40. The van der Waals surface area contributed by atoms with Gasteiger partial charge in [-0.25, -0.2) is 5.84 Å². The van der Waals surface area contributed by atoms with Crippen LogP contribution in [-0.2, 0) is 6.54 Å². The maximum atomic E-state index is 7.19. The highest BCUT2D eigenvalue weighted by Crippen LogP contribution is 2.10. The number of hydrazine groups is 1. The maximum absolute atomic E-state index is 7.19. The van der Waals surface area contributed by atoms with Gasteiger partial charge in [-0.05, 0) is 17.7 Å². The summed E-state index contributed by atoms with van der Waals surface area (Å²) in [6, 6.07) is 7.60. The van der Waals surface area contributed by atoms with Crippen LogP contribution in [0.2, 0.25) is 0 Å². The summed E-state index contributed by atoms with van der Waals surface area (Å²) in [6.07, 6.45) is 0. The molecule has 5 N–H and O–H groups in total. The number of hydrogen-bond donors (Lipinski definition) is 4. The van der Waals surface area contributed by atoms with Crippen molar-refractivity contribution in [3.63, 3.8) is 0 Å². The van der Waals surface area contributed by atoms with Gasteiger partial charge in [0, 0.05) is 6.54 Å². The Balaban J connectivity index is 2.47. The second kappa shape index (κ2) is 5.08. The Morgan fingerprint density at radius 1 is 1.43 bits per heavy atom. The minimum absolute atomic E-state index is 0.0980. The Bertz CT molecular complexity index is 296. The molecule has 0 unspecified atom stereocenters. The van der Waals surface area contributed by atoms with Crippen LogP contribution in [0.3, 0.4) is 0 Å². The first kappa shape index (κ1) is 10.3. The van der Waals surface area contributed by atoms with Crippen molar-refractivity contribution in [2.75, 3.05) is 7.11 Å². The third-order valence-electron chi connectivity index (χ3n) is 1.77. The van der Waals surface area contributed by atoms with Crippen molar-refractivity contribution < 1.29 is 4.74 Å². The van der Waals surface area contributed by atoms with Crippen LogP contribution < -0.4 is 21.3 Å². The molecule has 1 aromatic rings. The lowest BCUT2D eigenvalue weighted by Gasteiger charge is -2.07. The molecule has 0 atom stereocenters. The van der Waals surface area contributed by atoms with E-state index in [9.17, 15) is 0 Å². The Hall–Kier alpha value is -1.75. The van der Waals surface area contributed by atoms with Crippen LogP contribution in [0, 0.1) is 5.41 Å². The van der Waals surface area contributed by atoms with Crippen LogP contribution in [0.5, 0.6) is 5.75 Å². The van der Waals surface area contributed by atoms with Gasteiger partial charge < -0.3 is 10.1 Å². The fourth-order valence-corrected chi connectivity index (χ4v) is 0.985. The summed E-state index contributed by atoms with van der Waals surface area (Å²) >= 11 is 0. The fraction of sp³-hybridized carbons (Fsp3) is 0.222. The van der Waals surface area contributed by atoms with E-state index in [1.807, 2.05) is 24.3 Å². The molecule has 0 heterocycles. The molecule has 0 fully saturated rings. The number of guanidine groups is 1. The molecule has 0 amide bonds. The van der Waals surface area contributed by atoms with E-state index in [4.69, 9.17) is 16.0 Å². The Kier molecular flexibility index (Phi) is 3.75. The molecule has 0 aromatic heterocycles. The summed E-state index contributed by atoms with van der Waals surface area (Å²) in [5.41, 5.74) is 3.27. The molecule has 76 valence electrons. The molecule has 14 heavy (non-hydrogen) atoms. The molecule has 0 saturated heterocycles. The highest BCUT2D eigenvalue weighted by molar-refractivity contribution is 5.75. The third kappa shape index (κ3) is 2.95. The lowest BCUT2D eigenvalue weighted by molar-refractivity contribution is 0.414. The fourth-order valence-electron chi connectivity index (χ4n) is 0.985. The van der Waals surface area contributed by atoms with E-state index in [0.717, 1.165) is 11.3 Å². The van der Waals surface area contributed by atoms with Crippen molar-refractivity contribution in [1.29, 1.82) is 5.41 Å². The molecule has 0 radical (unpaired) electrons. The zero-order valence-electron chi connectivity index (χ0n) is 8.00. The molecular formula is C9H14N4O. The van der Waals surface area contributed by atoms with E-state index in [1.165, 1.54) is 0 Å². The standard InChI is InChI=1S/C9H14N4O/c1-14-8-4-2-7(3-5-8)6-12-9(10)13-11/h2-5H,6,11H2,1H3,(H3,10,12,13). The molecule has 0 bridgehead atoms. The third-order valence-corrected chi connectivity index (χ3v) is 1.77. The van der Waals surface area contributed by atoms with Crippen molar-refractivity contribution in [1.82, 2.24) is 10.7 Å². The average Bonchev–Trinajstić information content (AvgIpc) is 2.26. The molecular weight excluding hydrogens is 180 g/mol. The molecule has 0 aliphatic rings. The summed E-state index contributed by atoms with van der Waals surface area (Å²) in [5.74, 6) is 5.94. The van der Waals surface area contributed by atoms with Crippen molar-refractivity contribution in [2.45, 2.75) is 6.54 Å². The first-order valence-electron chi connectivity index (χ1n) is 4.18. The first-order chi connectivity index (χ1) is 6.76. The van der Waals surface area contributed by atoms with Crippen LogP contribution in [-0.4, -0.2) is 13.1 Å². The van der Waals surface area contributed by atoms with Gasteiger partial charge in [-0.3, -0.25) is 10.8 Å². The average molecular weight is 194 g/mol. The Morgan fingerprint density at radius 2 is 2.07 bits per heavy atom. The number of methoxy groups -OCH3 is 1. The summed E-state index contributed by atoms with van der Waals surface area (Å²) < 4.78 is 5.02. The quantitative estimate of drug-likeness (QED) is 0.239. The maximum Gasteiger partial charge on any atom is 0.203 e. The van der Waals surface area contributed by atoms with Gasteiger partial charge in [0.05, 0.1) is 7.11 Å². The number of ether oxygens (including phenoxy) is 1. The van der Waals surface area contributed by atoms with Gasteiger partial charge in [-0.1, -0.05) is 12.1 Å². The van der Waals surface area contributed by atoms with E-state index in [-0.39, 0.29) is 5.96 Å². The highest BCUT2D eigenvalue weighted by Gasteiger charge is 1.95. The van der Waals surface area contributed by atoms with Gasteiger partial charge in [-0.2, -0.15) is 0 Å². The van der Waals surface area contributed by atoms with E-state index in [0.29, 0.717) is 6.54 Å². The predicted octanol–water partition coefficient (Wildman–Crippen LogP) is 0.183. The molecule has 0 aliphatic heterocycles. The van der Waals surface area contributed by atoms with Gasteiger partial charge in [-0.15, -0.1) is 0 Å². The summed E-state index contributed by atoms with van der Waals surface area (Å²) in [7, 11) is 1.63. The van der Waals surface area contributed by atoms with E-state index >= 15 is 0 Å². The van der Waals surface area contributed by atoms with Crippen LogP contribution in [0.15, 0.2) is 24.3 Å². The molecule has 0 saturated carbocycles. The monoisotopic (exact) mass is 194 g/mol. The van der Waals surface area contributed by atoms with Gasteiger partial charge >= 0.3 is 0 Å². The summed E-state index contributed by atoms with van der Waals surface area (Å²) in [5, 5.41) is 9.99. The Morgan fingerprint density at radius 3 is 2.57 bits per heavy atom. The van der Waals surface area contributed by atoms with Gasteiger partial charge in [0.15, 0.2) is 0 Å². The van der Waals surface area contributed by atoms with E-state index in [2.05, 4.69) is 10.7 Å². The number of hydrogen-bond acceptors (Lipinski definition) is 3. The van der Waals surface area contributed by atoms with Gasteiger partial charge in [0.2, 0.25) is 5.96 Å². The Labute approximate surface area is 82.7 Å². The van der Waals surface area contributed by atoms with Crippen LogP contribution in [0.25, 0.3) is 0 Å². The van der Waals surface area contributed by atoms with Gasteiger partial charge in [0.25, 0.3) is 0 Å². The summed E-state index contributed by atoms with van der Waals surface area (Å²) in [6.45, 7) is 0.563.